The Morgan fingerprint density at radius 3 is 1.75 bits per heavy atom. The summed E-state index contributed by atoms with van der Waals surface area (Å²) in [4.78, 5) is 14.1. The zero-order valence-electron chi connectivity index (χ0n) is 12.3. The minimum absolute atomic E-state index is 0.0768. The van der Waals surface area contributed by atoms with Gasteiger partial charge in [-0.05, 0) is 32.6 Å². The van der Waals surface area contributed by atoms with Crippen molar-refractivity contribution in [1.82, 2.24) is 4.90 Å². The predicted octanol–water partition coefficient (Wildman–Crippen LogP) is 3.71. The van der Waals surface area contributed by atoms with Crippen molar-refractivity contribution < 1.29 is 4.79 Å². The van der Waals surface area contributed by atoms with E-state index in [1.165, 1.54) is 0 Å². The average Bonchev–Trinajstić information content (AvgIpc) is 1.98. The van der Waals surface area contributed by atoms with Crippen LogP contribution in [-0.4, -0.2) is 22.9 Å². The van der Waals surface area contributed by atoms with Crippen molar-refractivity contribution in [3.63, 3.8) is 0 Å². The number of nitrogens with zero attached hydrogens (tertiary/aromatic N) is 1. The lowest BCUT2D eigenvalue weighted by atomic mass is 9.90. The van der Waals surface area contributed by atoms with Gasteiger partial charge < -0.3 is 4.90 Å². The van der Waals surface area contributed by atoms with Gasteiger partial charge in [0, 0.05) is 18.0 Å². The maximum Gasteiger partial charge on any atom is 0.225 e. The van der Waals surface area contributed by atoms with Crippen LogP contribution in [0.3, 0.4) is 0 Å². The molecule has 0 aliphatic carbocycles. The number of carbonyl (C=O) groups is 1. The van der Waals surface area contributed by atoms with Crippen LogP contribution in [0.25, 0.3) is 0 Å². The van der Waals surface area contributed by atoms with E-state index >= 15 is 0 Å². The van der Waals surface area contributed by atoms with Gasteiger partial charge in [-0.2, -0.15) is 0 Å². The Hall–Kier alpha value is -0.530. The minimum Gasteiger partial charge on any atom is -0.338 e. The monoisotopic (exact) mass is 227 g/mol. The van der Waals surface area contributed by atoms with Crippen LogP contribution in [0.1, 0.15) is 61.8 Å². The third-order valence-electron chi connectivity index (χ3n) is 2.66. The largest absolute Gasteiger partial charge is 0.338 e. The molecule has 0 rings (SSSR count). The molecule has 0 atom stereocenters. The third kappa shape index (κ3) is 5.53. The quantitative estimate of drug-likeness (QED) is 0.720. The molecule has 1 amide bonds. The Kier molecular flexibility index (Phi) is 5.03. The van der Waals surface area contributed by atoms with Crippen molar-refractivity contribution in [2.24, 2.45) is 11.3 Å². The number of carbonyl (C=O) groups excluding carboxylic acids is 1. The highest BCUT2D eigenvalue weighted by molar-refractivity contribution is 5.78. The first kappa shape index (κ1) is 15.5. The lowest BCUT2D eigenvalue weighted by Gasteiger charge is -2.38. The van der Waals surface area contributed by atoms with Gasteiger partial charge in [0.05, 0.1) is 0 Å². The summed E-state index contributed by atoms with van der Waals surface area (Å²) >= 11 is 0. The second kappa shape index (κ2) is 5.20. The van der Waals surface area contributed by atoms with Gasteiger partial charge in [0.1, 0.15) is 0 Å². The summed E-state index contributed by atoms with van der Waals surface area (Å²) in [6.07, 6.45) is 1.04. The lowest BCUT2D eigenvalue weighted by Crippen LogP contribution is -2.48. The molecule has 0 N–H and O–H groups in total. The van der Waals surface area contributed by atoms with Crippen molar-refractivity contribution in [1.29, 1.82) is 0 Å². The molecule has 96 valence electrons. The summed E-state index contributed by atoms with van der Waals surface area (Å²) in [5.41, 5.74) is 0.202. The normalized spacial score (nSPS) is 13.1. The van der Waals surface area contributed by atoms with Crippen molar-refractivity contribution in [3.05, 3.63) is 0 Å². The number of amides is 1. The number of rotatable bonds is 3. The molecule has 0 bridgehead atoms. The Morgan fingerprint density at radius 1 is 1.06 bits per heavy atom. The molecule has 0 saturated heterocycles. The highest BCUT2D eigenvalue weighted by atomic mass is 16.2. The molecule has 0 aliphatic rings. The van der Waals surface area contributed by atoms with E-state index in [1.807, 2.05) is 18.7 Å². The predicted molar refractivity (Wildman–Crippen MR) is 70.4 cm³/mol. The van der Waals surface area contributed by atoms with Gasteiger partial charge >= 0.3 is 0 Å². The SMILES string of the molecule is CC(C)C(=O)N(CCC(C)(C)C)C(C)(C)C. The van der Waals surface area contributed by atoms with Crippen LogP contribution in [0.4, 0.5) is 0 Å². The molecule has 16 heavy (non-hydrogen) atoms. The second-order valence-corrected chi connectivity index (χ2v) is 7.13. The second-order valence-electron chi connectivity index (χ2n) is 7.13. The van der Waals surface area contributed by atoms with E-state index in [9.17, 15) is 4.79 Å². The van der Waals surface area contributed by atoms with E-state index in [0.717, 1.165) is 13.0 Å². The molecule has 0 aromatic rings. The molecular formula is C14H29NO. The van der Waals surface area contributed by atoms with Crippen molar-refractivity contribution in [2.45, 2.75) is 67.3 Å². The van der Waals surface area contributed by atoms with E-state index in [0.29, 0.717) is 0 Å². The fraction of sp³-hybridized carbons (Fsp3) is 0.929. The van der Waals surface area contributed by atoms with Gasteiger partial charge in [0.25, 0.3) is 0 Å². The van der Waals surface area contributed by atoms with Gasteiger partial charge in [0.15, 0.2) is 0 Å². The molecule has 2 nitrogen and oxygen atoms in total. The van der Waals surface area contributed by atoms with Crippen LogP contribution >= 0.6 is 0 Å². The van der Waals surface area contributed by atoms with Gasteiger partial charge in [-0.25, -0.2) is 0 Å². The van der Waals surface area contributed by atoms with Crippen LogP contribution in [0.5, 0.6) is 0 Å². The van der Waals surface area contributed by atoms with E-state index in [4.69, 9.17) is 0 Å². The average molecular weight is 227 g/mol. The fourth-order valence-corrected chi connectivity index (χ4v) is 1.54. The first-order valence-corrected chi connectivity index (χ1v) is 6.26. The third-order valence-corrected chi connectivity index (χ3v) is 2.66. The van der Waals surface area contributed by atoms with Gasteiger partial charge in [-0.3, -0.25) is 4.79 Å². The van der Waals surface area contributed by atoms with Gasteiger partial charge in [-0.1, -0.05) is 34.6 Å². The van der Waals surface area contributed by atoms with Crippen LogP contribution in [0.15, 0.2) is 0 Å². The molecule has 0 aromatic heterocycles. The highest BCUT2D eigenvalue weighted by Crippen LogP contribution is 2.23. The number of hydrogen-bond donors (Lipinski definition) is 0. The van der Waals surface area contributed by atoms with Crippen molar-refractivity contribution >= 4 is 5.91 Å². The van der Waals surface area contributed by atoms with E-state index in [-0.39, 0.29) is 22.8 Å². The van der Waals surface area contributed by atoms with Crippen LogP contribution in [0.2, 0.25) is 0 Å². The fourth-order valence-electron chi connectivity index (χ4n) is 1.54. The maximum atomic E-state index is 12.1. The Labute approximate surface area is 101 Å². The van der Waals surface area contributed by atoms with E-state index in [2.05, 4.69) is 41.5 Å². The summed E-state index contributed by atoms with van der Waals surface area (Å²) in [7, 11) is 0. The van der Waals surface area contributed by atoms with Crippen molar-refractivity contribution in [2.75, 3.05) is 6.54 Å². The summed E-state index contributed by atoms with van der Waals surface area (Å²) in [6.45, 7) is 17.8. The molecule has 2 heteroatoms. The molecule has 0 saturated carbocycles. The molecule has 0 unspecified atom stereocenters. The van der Waals surface area contributed by atoms with Crippen LogP contribution in [-0.2, 0) is 4.79 Å². The van der Waals surface area contributed by atoms with Crippen molar-refractivity contribution in [3.8, 4) is 0 Å². The first-order chi connectivity index (χ1) is 6.95. The zero-order chi connectivity index (χ0) is 13.1. The van der Waals surface area contributed by atoms with Gasteiger partial charge in [0.2, 0.25) is 5.91 Å². The Bertz CT molecular complexity index is 230. The standard InChI is InChI=1S/C14H29NO/c1-11(2)12(16)15(14(6,7)8)10-9-13(3,4)5/h11H,9-10H2,1-8H3. The molecular weight excluding hydrogens is 198 g/mol. The minimum atomic E-state index is -0.0768. The van der Waals surface area contributed by atoms with Crippen LogP contribution in [0, 0.1) is 11.3 Å². The Balaban J connectivity index is 4.65. The lowest BCUT2D eigenvalue weighted by molar-refractivity contribution is -0.139. The maximum absolute atomic E-state index is 12.1. The van der Waals surface area contributed by atoms with E-state index in [1.54, 1.807) is 0 Å². The smallest absolute Gasteiger partial charge is 0.225 e. The zero-order valence-corrected chi connectivity index (χ0v) is 12.3. The highest BCUT2D eigenvalue weighted by Gasteiger charge is 2.28. The molecule has 0 radical (unpaired) electrons. The first-order valence-electron chi connectivity index (χ1n) is 6.26. The molecule has 0 aromatic carbocycles. The molecule has 0 aliphatic heterocycles. The van der Waals surface area contributed by atoms with E-state index < -0.39 is 0 Å². The summed E-state index contributed by atoms with van der Waals surface area (Å²) in [5.74, 6) is 0.343. The molecule has 0 heterocycles. The summed E-state index contributed by atoms with van der Waals surface area (Å²) in [6, 6.07) is 0. The number of hydrogen-bond acceptors (Lipinski definition) is 1. The summed E-state index contributed by atoms with van der Waals surface area (Å²) in [5, 5.41) is 0. The Morgan fingerprint density at radius 2 is 1.50 bits per heavy atom. The van der Waals surface area contributed by atoms with Gasteiger partial charge in [-0.15, -0.1) is 0 Å². The molecule has 0 spiro atoms. The summed E-state index contributed by atoms with van der Waals surface area (Å²) < 4.78 is 0. The van der Waals surface area contributed by atoms with Crippen LogP contribution < -0.4 is 0 Å². The topological polar surface area (TPSA) is 20.3 Å². The molecule has 0 fully saturated rings.